The van der Waals surface area contributed by atoms with Crippen molar-refractivity contribution in [3.8, 4) is 17.0 Å². The van der Waals surface area contributed by atoms with Gasteiger partial charge in [0.1, 0.15) is 5.75 Å². The predicted molar refractivity (Wildman–Crippen MR) is 200 cm³/mol. The Morgan fingerprint density at radius 3 is 2.46 bits per heavy atom. The molecule has 2 amide bonds. The molecule has 11 nitrogen and oxygen atoms in total. The highest BCUT2D eigenvalue weighted by Crippen LogP contribution is 2.36. The fourth-order valence-electron chi connectivity index (χ4n) is 7.32. The van der Waals surface area contributed by atoms with Crippen molar-refractivity contribution in [2.45, 2.75) is 32.5 Å². The van der Waals surface area contributed by atoms with Crippen LogP contribution in [0.5, 0.6) is 5.75 Å². The lowest BCUT2D eigenvalue weighted by molar-refractivity contribution is 0.0193. The number of benzene rings is 3. The third-order valence-corrected chi connectivity index (χ3v) is 10.3. The molecule has 2 aliphatic heterocycles. The van der Waals surface area contributed by atoms with E-state index in [1.807, 2.05) is 34.6 Å². The van der Waals surface area contributed by atoms with E-state index < -0.39 is 0 Å². The van der Waals surface area contributed by atoms with Crippen LogP contribution in [0.15, 0.2) is 85.2 Å². The molecular weight excluding hydrogens is 680 g/mol. The number of aromatic nitrogens is 3. The zero-order valence-corrected chi connectivity index (χ0v) is 30.4. The van der Waals surface area contributed by atoms with Gasteiger partial charge in [0.15, 0.2) is 0 Å². The molecule has 5 aromatic rings. The molecule has 1 atom stereocenters. The summed E-state index contributed by atoms with van der Waals surface area (Å²) in [6, 6.07) is 22.0. The third kappa shape index (κ3) is 7.22. The summed E-state index contributed by atoms with van der Waals surface area (Å²) < 4.78 is 14.8. The largest absolute Gasteiger partial charge is 0.508 e. The molecule has 1 N–H and O–H groups in total. The van der Waals surface area contributed by atoms with E-state index in [0.717, 1.165) is 31.6 Å². The molecule has 2 aromatic heterocycles. The van der Waals surface area contributed by atoms with Crippen LogP contribution in [0.3, 0.4) is 0 Å². The number of hydrogen-bond acceptors (Lipinski definition) is 7. The van der Waals surface area contributed by atoms with Gasteiger partial charge in [-0.3, -0.25) is 24.1 Å². The molecule has 270 valence electrons. The number of carbonyl (C=O) groups excluding carboxylic acids is 2. The number of anilines is 2. The summed E-state index contributed by atoms with van der Waals surface area (Å²) in [4.78, 5) is 35.6. The van der Waals surface area contributed by atoms with Crippen molar-refractivity contribution < 1.29 is 24.2 Å². The molecule has 0 bridgehead atoms. The highest BCUT2D eigenvalue weighted by atomic mass is 35.5. The van der Waals surface area contributed by atoms with Crippen LogP contribution >= 0.6 is 11.6 Å². The van der Waals surface area contributed by atoms with Gasteiger partial charge in [-0.1, -0.05) is 35.9 Å². The Morgan fingerprint density at radius 1 is 1.00 bits per heavy atom. The molecule has 12 heteroatoms. The number of fused-ring (bicyclic) bond motifs is 1. The zero-order chi connectivity index (χ0) is 36.4. The Kier molecular flexibility index (Phi) is 10.5. The molecule has 0 spiro atoms. The van der Waals surface area contributed by atoms with Crippen LogP contribution in [0.1, 0.15) is 37.5 Å². The van der Waals surface area contributed by atoms with Gasteiger partial charge >= 0.3 is 0 Å². The van der Waals surface area contributed by atoms with E-state index in [1.54, 1.807) is 72.5 Å². The van der Waals surface area contributed by atoms with Crippen LogP contribution in [-0.2, 0) is 36.0 Å². The Morgan fingerprint density at radius 2 is 1.75 bits per heavy atom. The fourth-order valence-corrected chi connectivity index (χ4v) is 7.50. The maximum atomic E-state index is 14.9. The summed E-state index contributed by atoms with van der Waals surface area (Å²) in [5.74, 6) is -0.290. The normalized spacial score (nSPS) is 16.2. The van der Waals surface area contributed by atoms with Gasteiger partial charge in [-0.05, 0) is 73.0 Å². The summed E-state index contributed by atoms with van der Waals surface area (Å²) in [6.07, 6.45) is 4.15. The number of hydrogen-bond donors (Lipinski definition) is 1. The smallest absolute Gasteiger partial charge is 0.264 e. The first-order valence-corrected chi connectivity index (χ1v) is 17.9. The molecular formula is C40H43ClN6O5. The SMILES string of the molecule is COCCn1c(-c2cc(Cl)ccc2C(=O)N2Cc3ccccc3C[C@H]2CN2CCOCC2)cc(C(=O)N(c2ccc(O)cc2)c2cnn(C)c2)c1C. The summed E-state index contributed by atoms with van der Waals surface area (Å²) in [6.45, 7) is 6.98. The van der Waals surface area contributed by atoms with Gasteiger partial charge in [0.25, 0.3) is 11.8 Å². The van der Waals surface area contributed by atoms with Gasteiger partial charge in [0, 0.05) is 92.3 Å². The minimum Gasteiger partial charge on any atom is -0.508 e. The summed E-state index contributed by atoms with van der Waals surface area (Å²) in [5.41, 5.74) is 6.52. The topological polar surface area (TPSA) is 105 Å². The maximum absolute atomic E-state index is 14.9. The molecule has 0 saturated carbocycles. The van der Waals surface area contributed by atoms with E-state index in [0.29, 0.717) is 77.4 Å². The van der Waals surface area contributed by atoms with Gasteiger partial charge in [-0.25, -0.2) is 0 Å². The van der Waals surface area contributed by atoms with Crippen LogP contribution in [-0.4, -0.2) is 93.7 Å². The second-order valence-electron chi connectivity index (χ2n) is 13.4. The van der Waals surface area contributed by atoms with Gasteiger partial charge in [-0.2, -0.15) is 5.10 Å². The molecule has 2 aliphatic rings. The second-order valence-corrected chi connectivity index (χ2v) is 13.8. The number of rotatable bonds is 10. The van der Waals surface area contributed by atoms with E-state index in [9.17, 15) is 14.7 Å². The lowest BCUT2D eigenvalue weighted by atomic mass is 9.92. The Labute approximate surface area is 308 Å². The lowest BCUT2D eigenvalue weighted by Crippen LogP contribution is -2.52. The fraction of sp³-hybridized carbons (Fsp3) is 0.325. The van der Waals surface area contributed by atoms with Crippen molar-refractivity contribution in [1.82, 2.24) is 24.1 Å². The van der Waals surface area contributed by atoms with E-state index >= 15 is 0 Å². The van der Waals surface area contributed by atoms with E-state index in [2.05, 4.69) is 28.2 Å². The third-order valence-electron chi connectivity index (χ3n) is 10.1. The average molecular weight is 723 g/mol. The molecule has 1 fully saturated rings. The molecule has 0 radical (unpaired) electrons. The molecule has 52 heavy (non-hydrogen) atoms. The Hall–Kier alpha value is -4.94. The number of amides is 2. The first kappa shape index (κ1) is 35.5. The monoisotopic (exact) mass is 722 g/mol. The number of phenols is 1. The quantitative estimate of drug-likeness (QED) is 0.186. The van der Waals surface area contributed by atoms with E-state index in [4.69, 9.17) is 21.1 Å². The molecule has 1 saturated heterocycles. The summed E-state index contributed by atoms with van der Waals surface area (Å²) in [7, 11) is 3.42. The average Bonchev–Trinajstić information content (AvgIpc) is 3.73. The first-order valence-electron chi connectivity index (χ1n) is 17.5. The van der Waals surface area contributed by atoms with Gasteiger partial charge in [-0.15, -0.1) is 0 Å². The Balaban J connectivity index is 1.31. The maximum Gasteiger partial charge on any atom is 0.264 e. The van der Waals surface area contributed by atoms with Crippen LogP contribution < -0.4 is 4.90 Å². The number of phenolic OH excluding ortho intramolecular Hbond substituents is 1. The van der Waals surface area contributed by atoms with E-state index in [-0.39, 0.29) is 23.6 Å². The number of nitrogens with zero attached hydrogens (tertiary/aromatic N) is 6. The highest BCUT2D eigenvalue weighted by Gasteiger charge is 2.34. The van der Waals surface area contributed by atoms with Crippen molar-refractivity contribution >= 4 is 34.8 Å². The number of halogens is 1. The zero-order valence-electron chi connectivity index (χ0n) is 29.7. The van der Waals surface area contributed by atoms with Crippen molar-refractivity contribution in [2.75, 3.05) is 51.5 Å². The van der Waals surface area contributed by atoms with Crippen molar-refractivity contribution in [3.63, 3.8) is 0 Å². The minimum absolute atomic E-state index is 0.0403. The number of aryl methyl sites for hydroxylation is 1. The van der Waals surface area contributed by atoms with E-state index in [1.165, 1.54) is 5.56 Å². The standard InChI is InChI=1S/C40H43ClN6O5/c1-27-36(40(50)47(33-23-42-43(2)25-33)31-9-11-34(48)12-10-31)22-38(45(27)16-17-51-3)37-21-30(41)8-13-35(37)39(49)46-24-29-7-5-4-6-28(29)20-32(46)26-44-14-18-52-19-15-44/h4-13,21-23,25,32,48H,14-20,24,26H2,1-3H3/t32-/m0/s1. The van der Waals surface area contributed by atoms with Gasteiger partial charge in [0.2, 0.25) is 0 Å². The van der Waals surface area contributed by atoms with Crippen molar-refractivity contribution in [1.29, 1.82) is 0 Å². The summed E-state index contributed by atoms with van der Waals surface area (Å²) in [5, 5.41) is 14.8. The van der Waals surface area contributed by atoms with Crippen LogP contribution in [0.2, 0.25) is 5.02 Å². The van der Waals surface area contributed by atoms with Gasteiger partial charge < -0.3 is 24.0 Å². The van der Waals surface area contributed by atoms with Crippen LogP contribution in [0.4, 0.5) is 11.4 Å². The number of methoxy groups -OCH3 is 1. The molecule has 0 unspecified atom stereocenters. The highest BCUT2D eigenvalue weighted by molar-refractivity contribution is 6.31. The molecule has 4 heterocycles. The van der Waals surface area contributed by atoms with Crippen LogP contribution in [0, 0.1) is 6.92 Å². The number of aromatic hydroxyl groups is 1. The molecule has 0 aliphatic carbocycles. The predicted octanol–water partition coefficient (Wildman–Crippen LogP) is 6.08. The second kappa shape index (κ2) is 15.3. The Bertz CT molecular complexity index is 2070. The number of carbonyl (C=O) groups is 2. The first-order chi connectivity index (χ1) is 25.2. The van der Waals surface area contributed by atoms with Crippen molar-refractivity contribution in [2.24, 2.45) is 7.05 Å². The van der Waals surface area contributed by atoms with Gasteiger partial charge in [0.05, 0.1) is 37.3 Å². The number of morpholine rings is 1. The minimum atomic E-state index is -0.290. The number of ether oxygens (including phenoxy) is 2. The summed E-state index contributed by atoms with van der Waals surface area (Å²) >= 11 is 6.69. The van der Waals surface area contributed by atoms with Crippen LogP contribution in [0.25, 0.3) is 11.3 Å². The van der Waals surface area contributed by atoms with Crippen molar-refractivity contribution in [3.05, 3.63) is 118 Å². The molecule has 3 aromatic carbocycles. The molecule has 7 rings (SSSR count). The lowest BCUT2D eigenvalue weighted by Gasteiger charge is -2.40.